The monoisotopic (exact) mass is 247 g/mol. The molecule has 2 rings (SSSR count). The molecular weight excluding hydrogens is 238 g/mol. The van der Waals surface area contributed by atoms with Crippen LogP contribution >= 0.6 is 0 Å². The van der Waals surface area contributed by atoms with Crippen LogP contribution in [0.3, 0.4) is 0 Å². The lowest BCUT2D eigenvalue weighted by Crippen LogP contribution is -2.10. The fourth-order valence-corrected chi connectivity index (χ4v) is 1.17. The first-order valence-electron chi connectivity index (χ1n) is 4.88. The Hall–Kier alpha value is -2.90. The minimum Gasteiger partial charge on any atom is -0.508 e. The summed E-state index contributed by atoms with van der Waals surface area (Å²) in [6, 6.07) is 4.08. The topological polar surface area (TPSA) is 123 Å². The van der Waals surface area contributed by atoms with Gasteiger partial charge in [0.2, 0.25) is 5.95 Å². The van der Waals surface area contributed by atoms with Gasteiger partial charge in [0, 0.05) is 11.6 Å². The van der Waals surface area contributed by atoms with Crippen molar-refractivity contribution in [1.29, 1.82) is 0 Å². The van der Waals surface area contributed by atoms with Crippen molar-refractivity contribution in [2.24, 2.45) is 5.10 Å². The lowest BCUT2D eigenvalue weighted by molar-refractivity contribution is 0.450. The molecule has 92 valence electrons. The number of phenolic OH excluding ortho intramolecular Hbond substituents is 2. The molecule has 0 atom stereocenters. The number of nitrogens with one attached hydrogen (secondary N) is 2. The molecule has 0 aliphatic rings. The molecule has 0 saturated heterocycles. The molecule has 1 aromatic heterocycles. The molecule has 2 aromatic rings. The van der Waals surface area contributed by atoms with Gasteiger partial charge in [0.15, 0.2) is 0 Å². The van der Waals surface area contributed by atoms with E-state index in [2.05, 4.69) is 25.7 Å². The molecule has 0 bridgehead atoms. The zero-order chi connectivity index (χ0) is 13.0. The second kappa shape index (κ2) is 4.95. The molecule has 0 fully saturated rings. The molecule has 1 aromatic carbocycles. The van der Waals surface area contributed by atoms with Crippen molar-refractivity contribution in [2.45, 2.75) is 0 Å². The van der Waals surface area contributed by atoms with Crippen molar-refractivity contribution < 1.29 is 10.2 Å². The van der Waals surface area contributed by atoms with E-state index < -0.39 is 5.56 Å². The van der Waals surface area contributed by atoms with Gasteiger partial charge in [-0.2, -0.15) is 5.10 Å². The Morgan fingerprint density at radius 2 is 2.22 bits per heavy atom. The minimum absolute atomic E-state index is 0.0455. The van der Waals surface area contributed by atoms with Gasteiger partial charge in [0.05, 0.1) is 6.21 Å². The van der Waals surface area contributed by atoms with E-state index >= 15 is 0 Å². The van der Waals surface area contributed by atoms with Crippen molar-refractivity contribution in [2.75, 3.05) is 5.43 Å². The molecule has 4 N–H and O–H groups in total. The molecule has 18 heavy (non-hydrogen) atoms. The number of rotatable bonds is 3. The maximum absolute atomic E-state index is 10.9. The summed E-state index contributed by atoms with van der Waals surface area (Å²) in [5, 5.41) is 29.3. The number of hydrazone groups is 1. The van der Waals surface area contributed by atoms with Gasteiger partial charge in [-0.15, -0.1) is 10.2 Å². The second-order valence-electron chi connectivity index (χ2n) is 3.30. The Balaban J connectivity index is 2.10. The average Bonchev–Trinajstić information content (AvgIpc) is 2.32. The smallest absolute Gasteiger partial charge is 0.271 e. The van der Waals surface area contributed by atoms with Gasteiger partial charge in [0.25, 0.3) is 5.56 Å². The van der Waals surface area contributed by atoms with E-state index in [1.807, 2.05) is 0 Å². The van der Waals surface area contributed by atoms with Crippen LogP contribution in [0.25, 0.3) is 0 Å². The number of phenols is 2. The Kier molecular flexibility index (Phi) is 3.19. The summed E-state index contributed by atoms with van der Waals surface area (Å²) >= 11 is 0. The average molecular weight is 247 g/mol. The predicted molar refractivity (Wildman–Crippen MR) is 63.6 cm³/mol. The van der Waals surface area contributed by atoms with Crippen molar-refractivity contribution in [1.82, 2.24) is 15.2 Å². The number of hydrogen-bond donors (Lipinski definition) is 4. The third-order valence-corrected chi connectivity index (χ3v) is 1.96. The summed E-state index contributed by atoms with van der Waals surface area (Å²) in [6.45, 7) is 0. The second-order valence-corrected chi connectivity index (χ2v) is 3.30. The molecule has 0 saturated carbocycles. The normalized spacial score (nSPS) is 10.7. The summed E-state index contributed by atoms with van der Waals surface area (Å²) < 4.78 is 0. The van der Waals surface area contributed by atoms with E-state index in [-0.39, 0.29) is 17.4 Å². The number of hydrogen-bond acceptors (Lipinski definition) is 7. The van der Waals surface area contributed by atoms with Crippen molar-refractivity contribution in [3.8, 4) is 11.5 Å². The molecule has 0 aliphatic carbocycles. The van der Waals surface area contributed by atoms with E-state index in [4.69, 9.17) is 5.11 Å². The number of aromatic amines is 1. The lowest BCUT2D eigenvalue weighted by Gasteiger charge is -1.99. The fraction of sp³-hybridized carbons (Fsp3) is 0. The first-order chi connectivity index (χ1) is 8.65. The quantitative estimate of drug-likeness (QED) is 0.448. The summed E-state index contributed by atoms with van der Waals surface area (Å²) in [5.41, 5.74) is 2.43. The van der Waals surface area contributed by atoms with Crippen molar-refractivity contribution in [3.05, 3.63) is 40.3 Å². The number of nitrogens with zero attached hydrogens (tertiary/aromatic N) is 3. The van der Waals surface area contributed by atoms with E-state index in [0.717, 1.165) is 6.20 Å². The molecule has 8 nitrogen and oxygen atoms in total. The van der Waals surface area contributed by atoms with Gasteiger partial charge in [-0.1, -0.05) is 0 Å². The maximum atomic E-state index is 10.9. The summed E-state index contributed by atoms with van der Waals surface area (Å²) in [5.74, 6) is -0.0823. The van der Waals surface area contributed by atoms with Crippen LogP contribution in [0.5, 0.6) is 11.5 Å². The SMILES string of the molecule is O=c1cnnc(N/N=C\c2ccc(O)cc2O)[nH]1. The molecule has 0 spiro atoms. The van der Waals surface area contributed by atoms with Crippen LogP contribution in [-0.2, 0) is 0 Å². The molecule has 1 heterocycles. The zero-order valence-electron chi connectivity index (χ0n) is 9.03. The number of aromatic nitrogens is 3. The van der Waals surface area contributed by atoms with Crippen LogP contribution in [0.1, 0.15) is 5.56 Å². The molecular formula is C10H9N5O3. The van der Waals surface area contributed by atoms with Crippen molar-refractivity contribution in [3.63, 3.8) is 0 Å². The standard InChI is InChI=1S/C10H9N5O3/c16-7-2-1-6(8(17)3-7)4-11-14-10-13-9(18)5-12-15-10/h1-5,16-17H,(H2,13,14,15,18)/b11-4-. The number of anilines is 1. The first-order valence-corrected chi connectivity index (χ1v) is 4.88. The third kappa shape index (κ3) is 2.82. The van der Waals surface area contributed by atoms with Gasteiger partial charge in [0.1, 0.15) is 17.7 Å². The Bertz CT molecular complexity index is 637. The van der Waals surface area contributed by atoms with E-state index in [0.29, 0.717) is 5.56 Å². The van der Waals surface area contributed by atoms with Crippen LogP contribution in [0, 0.1) is 0 Å². The minimum atomic E-state index is -0.407. The van der Waals surface area contributed by atoms with Gasteiger partial charge in [-0.3, -0.25) is 9.78 Å². The van der Waals surface area contributed by atoms with E-state index in [1.54, 1.807) is 0 Å². The van der Waals surface area contributed by atoms with Crippen molar-refractivity contribution >= 4 is 12.2 Å². The summed E-state index contributed by atoms with van der Waals surface area (Å²) in [7, 11) is 0. The molecule has 0 aliphatic heterocycles. The Morgan fingerprint density at radius 1 is 1.39 bits per heavy atom. The molecule has 0 unspecified atom stereocenters. The highest BCUT2D eigenvalue weighted by molar-refractivity contribution is 5.84. The Morgan fingerprint density at radius 3 is 2.94 bits per heavy atom. The van der Waals surface area contributed by atoms with Gasteiger partial charge < -0.3 is 10.2 Å². The van der Waals surface area contributed by atoms with Crippen LogP contribution in [0.2, 0.25) is 0 Å². The third-order valence-electron chi connectivity index (χ3n) is 1.96. The first kappa shape index (κ1) is 11.6. The number of aromatic hydroxyl groups is 2. The Labute approximate surface area is 101 Å². The fourth-order valence-electron chi connectivity index (χ4n) is 1.17. The van der Waals surface area contributed by atoms with Gasteiger partial charge in [-0.05, 0) is 12.1 Å². The summed E-state index contributed by atoms with van der Waals surface area (Å²) in [6.07, 6.45) is 2.34. The molecule has 8 heteroatoms. The molecule has 0 radical (unpaired) electrons. The highest BCUT2D eigenvalue weighted by Gasteiger charge is 1.99. The van der Waals surface area contributed by atoms with E-state index in [9.17, 15) is 9.90 Å². The van der Waals surface area contributed by atoms with Gasteiger partial charge in [-0.25, -0.2) is 5.43 Å². The van der Waals surface area contributed by atoms with Gasteiger partial charge >= 0.3 is 0 Å². The lowest BCUT2D eigenvalue weighted by atomic mass is 10.2. The zero-order valence-corrected chi connectivity index (χ0v) is 9.03. The van der Waals surface area contributed by atoms with Crippen LogP contribution in [0.15, 0.2) is 34.3 Å². The highest BCUT2D eigenvalue weighted by Crippen LogP contribution is 2.20. The number of H-pyrrole nitrogens is 1. The highest BCUT2D eigenvalue weighted by atomic mass is 16.3. The molecule has 0 amide bonds. The van der Waals surface area contributed by atoms with Crippen LogP contribution in [-0.4, -0.2) is 31.6 Å². The van der Waals surface area contributed by atoms with Crippen LogP contribution in [0.4, 0.5) is 5.95 Å². The van der Waals surface area contributed by atoms with Crippen LogP contribution < -0.4 is 11.0 Å². The predicted octanol–water partition coefficient (Wildman–Crippen LogP) is 0.0221. The summed E-state index contributed by atoms with van der Waals surface area (Å²) in [4.78, 5) is 13.3. The largest absolute Gasteiger partial charge is 0.508 e. The maximum Gasteiger partial charge on any atom is 0.271 e. The van der Waals surface area contributed by atoms with E-state index in [1.165, 1.54) is 24.4 Å². The number of benzene rings is 1.